The Morgan fingerprint density at radius 2 is 1.52 bits per heavy atom. The van der Waals surface area contributed by atoms with Crippen molar-refractivity contribution in [2.45, 2.75) is 24.8 Å². The third-order valence-electron chi connectivity index (χ3n) is 4.58. The van der Waals surface area contributed by atoms with Crippen LogP contribution < -0.4 is 9.46 Å². The summed E-state index contributed by atoms with van der Waals surface area (Å²) in [4.78, 5) is 0.218. The van der Waals surface area contributed by atoms with E-state index in [1.54, 1.807) is 25.3 Å². The van der Waals surface area contributed by atoms with Gasteiger partial charge in [0.25, 0.3) is 0 Å². The lowest BCUT2D eigenvalue weighted by molar-refractivity contribution is 0.411. The zero-order valence-corrected chi connectivity index (χ0v) is 16.5. The molecule has 3 rings (SSSR count). The molecule has 0 radical (unpaired) electrons. The first-order valence-electron chi connectivity index (χ1n) is 8.70. The summed E-state index contributed by atoms with van der Waals surface area (Å²) in [6.45, 7) is 3.81. The van der Waals surface area contributed by atoms with Crippen LogP contribution in [0.3, 0.4) is 0 Å². The minimum absolute atomic E-state index is 0.218. The summed E-state index contributed by atoms with van der Waals surface area (Å²) in [5.41, 5.74) is 3.62. The Kier molecular flexibility index (Phi) is 5.63. The third kappa shape index (κ3) is 4.21. The maximum atomic E-state index is 13.1. The van der Waals surface area contributed by atoms with E-state index in [4.69, 9.17) is 4.74 Å². The van der Waals surface area contributed by atoms with Crippen LogP contribution in [-0.2, 0) is 10.0 Å². The summed E-state index contributed by atoms with van der Waals surface area (Å²) in [5.74, 6) is 0.660. The van der Waals surface area contributed by atoms with Crippen LogP contribution in [0.1, 0.15) is 28.3 Å². The van der Waals surface area contributed by atoms with Crippen LogP contribution in [0.25, 0.3) is 0 Å². The first-order chi connectivity index (χ1) is 12.9. The number of nitrogens with one attached hydrogen (secondary N) is 1. The molecule has 0 heterocycles. The monoisotopic (exact) mass is 381 g/mol. The van der Waals surface area contributed by atoms with Gasteiger partial charge in [0.1, 0.15) is 5.75 Å². The lowest BCUT2D eigenvalue weighted by Crippen LogP contribution is -2.30. The molecule has 5 heteroatoms. The maximum absolute atomic E-state index is 13.1. The molecule has 0 bridgehead atoms. The van der Waals surface area contributed by atoms with Crippen molar-refractivity contribution in [3.63, 3.8) is 0 Å². The van der Waals surface area contributed by atoms with Crippen molar-refractivity contribution >= 4 is 10.0 Å². The second-order valence-electron chi connectivity index (χ2n) is 6.45. The summed E-state index contributed by atoms with van der Waals surface area (Å²) < 4.78 is 34.3. The highest BCUT2D eigenvalue weighted by molar-refractivity contribution is 7.89. The van der Waals surface area contributed by atoms with Crippen LogP contribution in [0.15, 0.2) is 77.7 Å². The second-order valence-corrected chi connectivity index (χ2v) is 8.17. The zero-order valence-electron chi connectivity index (χ0n) is 15.6. The highest BCUT2D eigenvalue weighted by atomic mass is 32.2. The van der Waals surface area contributed by atoms with Crippen LogP contribution in [0.5, 0.6) is 5.75 Å². The van der Waals surface area contributed by atoms with Gasteiger partial charge >= 0.3 is 0 Å². The quantitative estimate of drug-likeness (QED) is 0.689. The van der Waals surface area contributed by atoms with Crippen LogP contribution in [0, 0.1) is 13.8 Å². The number of ether oxygens (including phenoxy) is 1. The van der Waals surface area contributed by atoms with Crippen molar-refractivity contribution in [2.75, 3.05) is 7.11 Å². The standard InChI is InChI=1S/C22H23NO3S/c1-16-9-7-8-12-20(16)22(18-10-5-4-6-11-18)23-27(24,25)19-13-14-21(26-3)17(2)15-19/h4-15,22-23H,1-3H3/t22-/m0/s1. The Labute approximate surface area is 160 Å². The van der Waals surface area contributed by atoms with Gasteiger partial charge in [0.2, 0.25) is 10.0 Å². The van der Waals surface area contributed by atoms with Crippen molar-refractivity contribution in [1.82, 2.24) is 4.72 Å². The van der Waals surface area contributed by atoms with Crippen molar-refractivity contribution < 1.29 is 13.2 Å². The van der Waals surface area contributed by atoms with E-state index in [1.165, 1.54) is 0 Å². The van der Waals surface area contributed by atoms with Crippen LogP contribution in [-0.4, -0.2) is 15.5 Å². The molecule has 0 amide bonds. The molecule has 0 spiro atoms. The second kappa shape index (κ2) is 7.94. The van der Waals surface area contributed by atoms with E-state index >= 15 is 0 Å². The zero-order chi connectivity index (χ0) is 19.4. The molecule has 0 fully saturated rings. The molecule has 3 aromatic rings. The highest BCUT2D eigenvalue weighted by Gasteiger charge is 2.24. The maximum Gasteiger partial charge on any atom is 0.241 e. The predicted octanol–water partition coefficient (Wildman–Crippen LogP) is 4.38. The molecule has 0 saturated carbocycles. The van der Waals surface area contributed by atoms with Gasteiger partial charge in [-0.15, -0.1) is 0 Å². The van der Waals surface area contributed by atoms with Gasteiger partial charge < -0.3 is 4.74 Å². The fraction of sp³-hybridized carbons (Fsp3) is 0.182. The average Bonchev–Trinajstić information content (AvgIpc) is 2.67. The van der Waals surface area contributed by atoms with E-state index in [0.717, 1.165) is 22.3 Å². The minimum atomic E-state index is -3.73. The lowest BCUT2D eigenvalue weighted by atomic mass is 9.96. The van der Waals surface area contributed by atoms with Gasteiger partial charge in [0, 0.05) is 0 Å². The van der Waals surface area contributed by atoms with Crippen molar-refractivity contribution in [3.8, 4) is 5.75 Å². The van der Waals surface area contributed by atoms with E-state index in [2.05, 4.69) is 4.72 Å². The van der Waals surface area contributed by atoms with E-state index in [1.807, 2.05) is 68.4 Å². The highest BCUT2D eigenvalue weighted by Crippen LogP contribution is 2.28. The summed E-state index contributed by atoms with van der Waals surface area (Å²) in [7, 11) is -2.16. The molecule has 0 saturated heterocycles. The molecule has 1 atom stereocenters. The molecular formula is C22H23NO3S. The van der Waals surface area contributed by atoms with Crippen molar-refractivity contribution in [3.05, 3.63) is 95.1 Å². The molecule has 27 heavy (non-hydrogen) atoms. The number of aryl methyl sites for hydroxylation is 2. The van der Waals surface area contributed by atoms with Gasteiger partial charge in [-0.2, -0.15) is 4.72 Å². The fourth-order valence-electron chi connectivity index (χ4n) is 3.11. The third-order valence-corrected chi connectivity index (χ3v) is 6.00. The number of hydrogen-bond donors (Lipinski definition) is 1. The number of benzene rings is 3. The molecule has 0 unspecified atom stereocenters. The largest absolute Gasteiger partial charge is 0.496 e. The molecule has 0 aliphatic heterocycles. The normalized spacial score (nSPS) is 12.6. The molecular weight excluding hydrogens is 358 g/mol. The van der Waals surface area contributed by atoms with Gasteiger partial charge in [-0.1, -0.05) is 54.6 Å². The number of methoxy groups -OCH3 is 1. The first-order valence-corrected chi connectivity index (χ1v) is 10.2. The predicted molar refractivity (Wildman–Crippen MR) is 108 cm³/mol. The molecule has 1 N–H and O–H groups in total. The SMILES string of the molecule is COc1ccc(S(=O)(=O)N[C@@H](c2ccccc2)c2ccccc2C)cc1C. The van der Waals surface area contributed by atoms with Gasteiger partial charge in [-0.3, -0.25) is 0 Å². The summed E-state index contributed by atoms with van der Waals surface area (Å²) in [6.07, 6.45) is 0. The van der Waals surface area contributed by atoms with E-state index in [9.17, 15) is 8.42 Å². The molecule has 3 aromatic carbocycles. The molecule has 0 aliphatic rings. The lowest BCUT2D eigenvalue weighted by Gasteiger charge is -2.22. The van der Waals surface area contributed by atoms with Crippen LogP contribution in [0.4, 0.5) is 0 Å². The summed E-state index contributed by atoms with van der Waals surface area (Å²) >= 11 is 0. The van der Waals surface area contributed by atoms with Gasteiger partial charge in [-0.25, -0.2) is 8.42 Å². The Morgan fingerprint density at radius 3 is 2.15 bits per heavy atom. The molecule has 140 valence electrons. The number of sulfonamides is 1. The Morgan fingerprint density at radius 1 is 0.852 bits per heavy atom. The molecule has 0 aromatic heterocycles. The Bertz CT molecular complexity index is 1030. The number of hydrogen-bond acceptors (Lipinski definition) is 3. The Balaban J connectivity index is 2.04. The van der Waals surface area contributed by atoms with E-state index in [-0.39, 0.29) is 4.90 Å². The molecule has 4 nitrogen and oxygen atoms in total. The van der Waals surface area contributed by atoms with E-state index in [0.29, 0.717) is 5.75 Å². The van der Waals surface area contributed by atoms with E-state index < -0.39 is 16.1 Å². The van der Waals surface area contributed by atoms with Crippen molar-refractivity contribution in [1.29, 1.82) is 0 Å². The number of rotatable bonds is 6. The summed E-state index contributed by atoms with van der Waals surface area (Å²) in [6, 6.07) is 21.8. The van der Waals surface area contributed by atoms with Crippen molar-refractivity contribution in [2.24, 2.45) is 0 Å². The van der Waals surface area contributed by atoms with Gasteiger partial charge in [0.05, 0.1) is 18.0 Å². The topological polar surface area (TPSA) is 55.4 Å². The smallest absolute Gasteiger partial charge is 0.241 e. The summed E-state index contributed by atoms with van der Waals surface area (Å²) in [5, 5.41) is 0. The van der Waals surface area contributed by atoms with Gasteiger partial charge in [0.15, 0.2) is 0 Å². The average molecular weight is 381 g/mol. The van der Waals surface area contributed by atoms with Crippen LogP contribution >= 0.6 is 0 Å². The Hall–Kier alpha value is -2.63. The first kappa shape index (κ1) is 19.1. The fourth-order valence-corrected chi connectivity index (χ4v) is 4.40. The van der Waals surface area contributed by atoms with Gasteiger partial charge in [-0.05, 0) is 54.3 Å². The van der Waals surface area contributed by atoms with Crippen LogP contribution in [0.2, 0.25) is 0 Å². The minimum Gasteiger partial charge on any atom is -0.496 e. The molecule has 0 aliphatic carbocycles.